The third-order valence-corrected chi connectivity index (χ3v) is 5.92. The van der Waals surface area contributed by atoms with Gasteiger partial charge in [0, 0.05) is 12.6 Å². The van der Waals surface area contributed by atoms with Gasteiger partial charge in [-0.15, -0.1) is 0 Å². The zero-order chi connectivity index (χ0) is 17.6. The summed E-state index contributed by atoms with van der Waals surface area (Å²) in [4.78, 5) is 2.02. The van der Waals surface area contributed by atoms with Crippen molar-refractivity contribution >= 4 is 21.4 Å². The summed E-state index contributed by atoms with van der Waals surface area (Å²) in [6.07, 6.45) is 0.477. The highest BCUT2D eigenvalue weighted by Crippen LogP contribution is 2.20. The van der Waals surface area contributed by atoms with Crippen molar-refractivity contribution in [2.75, 3.05) is 33.5 Å². The SMILES string of the molecule is COc1ccc(CCS(=O)(=O)NCC(c2ccsc2)N(C)C)cc1. The van der Waals surface area contributed by atoms with Gasteiger partial charge in [-0.05, 0) is 60.6 Å². The van der Waals surface area contributed by atoms with Crippen LogP contribution < -0.4 is 9.46 Å². The number of thiophene rings is 1. The third-order valence-electron chi connectivity index (χ3n) is 3.87. The van der Waals surface area contributed by atoms with Crippen LogP contribution >= 0.6 is 11.3 Å². The maximum atomic E-state index is 12.3. The molecule has 0 spiro atoms. The molecule has 24 heavy (non-hydrogen) atoms. The first kappa shape index (κ1) is 18.9. The third kappa shape index (κ3) is 5.59. The van der Waals surface area contributed by atoms with Gasteiger partial charge in [0.05, 0.1) is 12.9 Å². The molecular weight excluding hydrogens is 344 g/mol. The average Bonchev–Trinajstić information content (AvgIpc) is 3.07. The maximum Gasteiger partial charge on any atom is 0.211 e. The quantitative estimate of drug-likeness (QED) is 0.739. The number of hydrogen-bond donors (Lipinski definition) is 1. The zero-order valence-corrected chi connectivity index (χ0v) is 15.9. The van der Waals surface area contributed by atoms with Gasteiger partial charge in [-0.1, -0.05) is 12.1 Å². The topological polar surface area (TPSA) is 58.6 Å². The van der Waals surface area contributed by atoms with E-state index in [2.05, 4.69) is 10.1 Å². The molecule has 2 rings (SSSR count). The number of methoxy groups -OCH3 is 1. The van der Waals surface area contributed by atoms with Crippen LogP contribution in [0.2, 0.25) is 0 Å². The van der Waals surface area contributed by atoms with E-state index in [-0.39, 0.29) is 11.8 Å². The number of benzene rings is 1. The summed E-state index contributed by atoms with van der Waals surface area (Å²) in [6, 6.07) is 9.53. The molecule has 0 bridgehead atoms. The van der Waals surface area contributed by atoms with Gasteiger partial charge in [-0.3, -0.25) is 0 Å². The van der Waals surface area contributed by atoms with Crippen molar-refractivity contribution in [3.05, 3.63) is 52.2 Å². The molecule has 1 aromatic carbocycles. The number of ether oxygens (including phenoxy) is 1. The van der Waals surface area contributed by atoms with Gasteiger partial charge in [-0.2, -0.15) is 11.3 Å². The molecule has 2 aromatic rings. The van der Waals surface area contributed by atoms with E-state index in [1.807, 2.05) is 54.7 Å². The number of nitrogens with zero attached hydrogens (tertiary/aromatic N) is 1. The smallest absolute Gasteiger partial charge is 0.211 e. The van der Waals surface area contributed by atoms with Crippen LogP contribution in [-0.2, 0) is 16.4 Å². The highest BCUT2D eigenvalue weighted by atomic mass is 32.2. The predicted molar refractivity (Wildman–Crippen MR) is 99.2 cm³/mol. The Balaban J connectivity index is 1.90. The molecule has 1 heterocycles. The Morgan fingerprint density at radius 2 is 1.92 bits per heavy atom. The van der Waals surface area contributed by atoms with Crippen LogP contribution in [0.3, 0.4) is 0 Å². The fourth-order valence-corrected chi connectivity index (χ4v) is 4.15. The molecule has 1 N–H and O–H groups in total. The second-order valence-electron chi connectivity index (χ2n) is 5.80. The van der Waals surface area contributed by atoms with Gasteiger partial charge in [0.2, 0.25) is 10.0 Å². The first-order valence-electron chi connectivity index (χ1n) is 7.70. The van der Waals surface area contributed by atoms with Gasteiger partial charge >= 0.3 is 0 Å². The van der Waals surface area contributed by atoms with Gasteiger partial charge in [0.15, 0.2) is 0 Å². The number of rotatable bonds is 9. The summed E-state index contributed by atoms with van der Waals surface area (Å²) in [7, 11) is 2.19. The monoisotopic (exact) mass is 368 g/mol. The second kappa shape index (κ2) is 8.62. The Morgan fingerprint density at radius 3 is 2.46 bits per heavy atom. The Morgan fingerprint density at radius 1 is 1.21 bits per heavy atom. The molecule has 5 nitrogen and oxygen atoms in total. The Kier molecular flexibility index (Phi) is 6.79. The molecular formula is C17H24N2O3S2. The summed E-state index contributed by atoms with van der Waals surface area (Å²) in [5, 5.41) is 4.06. The van der Waals surface area contributed by atoms with Crippen molar-refractivity contribution in [3.8, 4) is 5.75 Å². The van der Waals surface area contributed by atoms with Crippen molar-refractivity contribution < 1.29 is 13.2 Å². The van der Waals surface area contributed by atoms with Crippen LogP contribution in [0.25, 0.3) is 0 Å². The van der Waals surface area contributed by atoms with Gasteiger partial charge in [0.25, 0.3) is 0 Å². The summed E-state index contributed by atoms with van der Waals surface area (Å²) in [5.41, 5.74) is 2.10. The molecule has 0 saturated heterocycles. The van der Waals surface area contributed by atoms with Crippen molar-refractivity contribution in [2.45, 2.75) is 12.5 Å². The molecule has 1 atom stereocenters. The minimum atomic E-state index is -3.32. The first-order valence-corrected chi connectivity index (χ1v) is 10.3. The van der Waals surface area contributed by atoms with Crippen LogP contribution in [0, 0.1) is 0 Å². The largest absolute Gasteiger partial charge is 0.497 e. The van der Waals surface area contributed by atoms with E-state index < -0.39 is 10.0 Å². The Labute approximate surface area is 148 Å². The van der Waals surface area contributed by atoms with Crippen LogP contribution in [0.4, 0.5) is 0 Å². The summed E-state index contributed by atoms with van der Waals surface area (Å²) < 4.78 is 32.4. The fraction of sp³-hybridized carbons (Fsp3) is 0.412. The second-order valence-corrected chi connectivity index (χ2v) is 8.51. The lowest BCUT2D eigenvalue weighted by Gasteiger charge is -2.24. The molecule has 0 aliphatic carbocycles. The average molecular weight is 369 g/mol. The molecule has 0 radical (unpaired) electrons. The number of nitrogens with one attached hydrogen (secondary N) is 1. The van der Waals surface area contributed by atoms with Crippen molar-refractivity contribution in [3.63, 3.8) is 0 Å². The van der Waals surface area contributed by atoms with Crippen molar-refractivity contribution in [2.24, 2.45) is 0 Å². The number of hydrogen-bond acceptors (Lipinski definition) is 5. The minimum absolute atomic E-state index is 0.0343. The standard InChI is InChI=1S/C17H24N2O3S2/c1-19(2)17(15-8-10-23-13-15)12-18-24(20,21)11-9-14-4-6-16(22-3)7-5-14/h4-8,10,13,17-18H,9,11-12H2,1-3H3. The molecule has 1 aromatic heterocycles. The predicted octanol–water partition coefficient (Wildman–Crippen LogP) is 2.52. The van der Waals surface area contributed by atoms with E-state index in [0.717, 1.165) is 16.9 Å². The van der Waals surface area contributed by atoms with E-state index >= 15 is 0 Å². The van der Waals surface area contributed by atoms with Gasteiger partial charge in [0.1, 0.15) is 5.75 Å². The molecule has 132 valence electrons. The van der Waals surface area contributed by atoms with Crippen LogP contribution in [0.15, 0.2) is 41.1 Å². The first-order chi connectivity index (χ1) is 11.4. The number of sulfonamides is 1. The molecule has 0 aliphatic heterocycles. The van der Waals surface area contributed by atoms with Gasteiger partial charge in [-0.25, -0.2) is 13.1 Å². The van der Waals surface area contributed by atoms with E-state index in [1.165, 1.54) is 0 Å². The molecule has 0 saturated carbocycles. The number of likely N-dealkylation sites (N-methyl/N-ethyl adjacent to an activating group) is 1. The Hall–Kier alpha value is -1.41. The van der Waals surface area contributed by atoms with Crippen molar-refractivity contribution in [1.82, 2.24) is 9.62 Å². The molecule has 0 amide bonds. The maximum absolute atomic E-state index is 12.3. The summed E-state index contributed by atoms with van der Waals surface area (Å²) in [5.74, 6) is 0.840. The van der Waals surface area contributed by atoms with Gasteiger partial charge < -0.3 is 9.64 Å². The highest BCUT2D eigenvalue weighted by Gasteiger charge is 2.18. The van der Waals surface area contributed by atoms with Crippen LogP contribution in [0.1, 0.15) is 17.2 Å². The highest BCUT2D eigenvalue weighted by molar-refractivity contribution is 7.89. The minimum Gasteiger partial charge on any atom is -0.497 e. The van der Waals surface area contributed by atoms with E-state index in [1.54, 1.807) is 18.4 Å². The molecule has 0 aliphatic rings. The molecule has 1 unspecified atom stereocenters. The lowest BCUT2D eigenvalue weighted by atomic mass is 10.1. The normalized spacial score (nSPS) is 13.2. The molecule has 0 fully saturated rings. The van der Waals surface area contributed by atoms with Crippen molar-refractivity contribution in [1.29, 1.82) is 0 Å². The summed E-state index contributed by atoms with van der Waals surface area (Å²) >= 11 is 1.62. The van der Waals surface area contributed by atoms with E-state index in [4.69, 9.17) is 4.74 Å². The summed E-state index contributed by atoms with van der Waals surface area (Å²) in [6.45, 7) is 0.370. The number of aryl methyl sites for hydroxylation is 1. The zero-order valence-electron chi connectivity index (χ0n) is 14.2. The van der Waals surface area contributed by atoms with Crippen LogP contribution in [0.5, 0.6) is 5.75 Å². The van der Waals surface area contributed by atoms with E-state index in [0.29, 0.717) is 13.0 Å². The molecule has 7 heteroatoms. The lowest BCUT2D eigenvalue weighted by Crippen LogP contribution is -2.35. The van der Waals surface area contributed by atoms with E-state index in [9.17, 15) is 8.42 Å². The van der Waals surface area contributed by atoms with Crippen LogP contribution in [-0.4, -0.2) is 46.8 Å². The lowest BCUT2D eigenvalue weighted by molar-refractivity contribution is 0.300. The Bertz CT molecular complexity index is 711. The fourth-order valence-electron chi connectivity index (χ4n) is 2.39.